The van der Waals surface area contributed by atoms with Crippen molar-refractivity contribution in [1.29, 1.82) is 0 Å². The van der Waals surface area contributed by atoms with Crippen LogP contribution in [0.25, 0.3) is 0 Å². The predicted molar refractivity (Wildman–Crippen MR) is 74.1 cm³/mol. The molecule has 114 valence electrons. The molecule has 0 radical (unpaired) electrons. The van der Waals surface area contributed by atoms with E-state index >= 15 is 0 Å². The fourth-order valence-electron chi connectivity index (χ4n) is 2.00. The monoisotopic (exact) mass is 284 g/mol. The van der Waals surface area contributed by atoms with E-state index in [9.17, 15) is 14.4 Å². The lowest BCUT2D eigenvalue weighted by molar-refractivity contribution is -0.130. The van der Waals surface area contributed by atoms with Crippen molar-refractivity contribution in [1.82, 2.24) is 10.6 Å². The zero-order valence-corrected chi connectivity index (χ0v) is 12.4. The third-order valence-corrected chi connectivity index (χ3v) is 3.37. The van der Waals surface area contributed by atoms with Crippen molar-refractivity contribution in [3.05, 3.63) is 0 Å². The first-order chi connectivity index (χ1) is 9.39. The molecule has 0 aromatic heterocycles. The molecule has 0 unspecified atom stereocenters. The summed E-state index contributed by atoms with van der Waals surface area (Å²) in [5.41, 5.74) is -0.742. The van der Waals surface area contributed by atoms with Gasteiger partial charge in [0.2, 0.25) is 12.3 Å². The minimum atomic E-state index is -0.742. The number of carbonyl (C=O) groups excluding carboxylic acids is 3. The Bertz CT molecular complexity index is 364. The zero-order chi connectivity index (χ0) is 15.2. The predicted octanol–water partition coefficient (Wildman–Crippen LogP) is 0.402. The minimum Gasteiger partial charge on any atom is -0.361 e. The van der Waals surface area contributed by atoms with Crippen molar-refractivity contribution in [3.8, 4) is 0 Å². The van der Waals surface area contributed by atoms with Crippen LogP contribution in [0.2, 0.25) is 0 Å². The van der Waals surface area contributed by atoms with Crippen molar-refractivity contribution in [2.75, 3.05) is 13.2 Å². The lowest BCUT2D eigenvalue weighted by Crippen LogP contribution is -2.48. The SMILES string of the molecule is CC(C)CCC[C@H](NC(=O)CNC=O)C(=O)[C@@]1(C)CO1. The highest BCUT2D eigenvalue weighted by Crippen LogP contribution is 2.29. The first-order valence-corrected chi connectivity index (χ1v) is 7.03. The maximum absolute atomic E-state index is 12.3. The largest absolute Gasteiger partial charge is 0.361 e. The Morgan fingerprint density at radius 3 is 2.50 bits per heavy atom. The second-order valence-electron chi connectivity index (χ2n) is 5.83. The first-order valence-electron chi connectivity index (χ1n) is 7.03. The summed E-state index contributed by atoms with van der Waals surface area (Å²) in [6.45, 7) is 6.27. The molecular formula is C14H24N2O4. The number of ether oxygens (including phenoxy) is 1. The number of hydrogen-bond donors (Lipinski definition) is 2. The molecule has 1 aliphatic rings. The number of amides is 2. The van der Waals surface area contributed by atoms with Gasteiger partial charge in [-0.1, -0.05) is 26.7 Å². The van der Waals surface area contributed by atoms with Gasteiger partial charge in [-0.05, 0) is 19.3 Å². The fraction of sp³-hybridized carbons (Fsp3) is 0.786. The number of epoxide rings is 1. The highest BCUT2D eigenvalue weighted by Gasteiger charge is 2.49. The minimum absolute atomic E-state index is 0.0827. The summed E-state index contributed by atoms with van der Waals surface area (Å²) in [5, 5.41) is 4.97. The van der Waals surface area contributed by atoms with Crippen LogP contribution in [0.4, 0.5) is 0 Å². The molecule has 6 heteroatoms. The van der Waals surface area contributed by atoms with Crippen molar-refractivity contribution in [3.63, 3.8) is 0 Å². The molecule has 0 aromatic rings. The Labute approximate surface area is 119 Å². The van der Waals surface area contributed by atoms with Gasteiger partial charge in [0.25, 0.3) is 0 Å². The molecule has 0 bridgehead atoms. The maximum Gasteiger partial charge on any atom is 0.239 e. The number of hydrogen-bond acceptors (Lipinski definition) is 4. The molecule has 1 heterocycles. The van der Waals surface area contributed by atoms with Gasteiger partial charge in [-0.3, -0.25) is 14.4 Å². The first kappa shape index (κ1) is 16.6. The van der Waals surface area contributed by atoms with Crippen LogP contribution < -0.4 is 10.6 Å². The standard InChI is InChI=1S/C14H24N2O4/c1-10(2)5-4-6-11(13(19)14(3)8-20-14)16-12(18)7-15-9-17/h9-11H,4-8H2,1-3H3,(H,15,17)(H,16,18)/t11-,14+/m0/s1. The van der Waals surface area contributed by atoms with Gasteiger partial charge in [0.05, 0.1) is 19.2 Å². The van der Waals surface area contributed by atoms with Gasteiger partial charge in [-0.2, -0.15) is 0 Å². The molecule has 0 aliphatic carbocycles. The van der Waals surface area contributed by atoms with E-state index < -0.39 is 11.6 Å². The molecular weight excluding hydrogens is 260 g/mol. The zero-order valence-electron chi connectivity index (χ0n) is 12.4. The molecule has 0 spiro atoms. The third kappa shape index (κ3) is 5.28. The molecule has 1 fully saturated rings. The quantitative estimate of drug-likeness (QED) is 0.449. The van der Waals surface area contributed by atoms with Gasteiger partial charge in [0.1, 0.15) is 5.60 Å². The Hall–Kier alpha value is -1.43. The number of nitrogens with one attached hydrogen (secondary N) is 2. The molecule has 1 saturated heterocycles. The van der Waals surface area contributed by atoms with Crippen LogP contribution in [0.1, 0.15) is 40.0 Å². The van der Waals surface area contributed by atoms with E-state index in [1.54, 1.807) is 6.92 Å². The Morgan fingerprint density at radius 1 is 1.35 bits per heavy atom. The van der Waals surface area contributed by atoms with E-state index in [0.717, 1.165) is 12.8 Å². The average Bonchev–Trinajstić information content (AvgIpc) is 3.13. The maximum atomic E-state index is 12.3. The fourth-order valence-corrected chi connectivity index (χ4v) is 2.00. The lowest BCUT2D eigenvalue weighted by Gasteiger charge is -2.20. The molecule has 1 aliphatic heterocycles. The molecule has 0 saturated carbocycles. The van der Waals surface area contributed by atoms with Gasteiger partial charge in [0.15, 0.2) is 5.78 Å². The molecule has 6 nitrogen and oxygen atoms in total. The Balaban J connectivity index is 2.52. The number of carbonyl (C=O) groups is 3. The van der Waals surface area contributed by atoms with Gasteiger partial charge in [0, 0.05) is 0 Å². The van der Waals surface area contributed by atoms with Crippen LogP contribution >= 0.6 is 0 Å². The van der Waals surface area contributed by atoms with E-state index in [2.05, 4.69) is 24.5 Å². The van der Waals surface area contributed by atoms with Crippen LogP contribution in [0.5, 0.6) is 0 Å². The molecule has 1 rings (SSSR count). The molecule has 2 N–H and O–H groups in total. The second-order valence-corrected chi connectivity index (χ2v) is 5.83. The van der Waals surface area contributed by atoms with Gasteiger partial charge in [-0.25, -0.2) is 0 Å². The van der Waals surface area contributed by atoms with Crippen LogP contribution in [-0.2, 0) is 19.1 Å². The van der Waals surface area contributed by atoms with Crippen LogP contribution in [0.3, 0.4) is 0 Å². The summed E-state index contributed by atoms with van der Waals surface area (Å²) in [7, 11) is 0. The van der Waals surface area contributed by atoms with E-state index in [1.807, 2.05) is 0 Å². The smallest absolute Gasteiger partial charge is 0.239 e. The van der Waals surface area contributed by atoms with Crippen molar-refractivity contribution >= 4 is 18.1 Å². The Morgan fingerprint density at radius 2 is 2.00 bits per heavy atom. The normalized spacial score (nSPS) is 22.2. The second kappa shape index (κ2) is 7.38. The summed E-state index contributed by atoms with van der Waals surface area (Å²) in [5.74, 6) is 0.121. The average molecular weight is 284 g/mol. The summed E-state index contributed by atoms with van der Waals surface area (Å²) in [6.07, 6.45) is 2.93. The van der Waals surface area contributed by atoms with E-state index in [1.165, 1.54) is 0 Å². The molecule has 0 aromatic carbocycles. The summed E-state index contributed by atoms with van der Waals surface area (Å²) >= 11 is 0. The highest BCUT2D eigenvalue weighted by molar-refractivity contribution is 5.96. The van der Waals surface area contributed by atoms with Crippen LogP contribution in [0.15, 0.2) is 0 Å². The van der Waals surface area contributed by atoms with Crippen LogP contribution in [0, 0.1) is 5.92 Å². The molecule has 2 atom stereocenters. The lowest BCUT2D eigenvalue weighted by atomic mass is 9.94. The summed E-state index contributed by atoms with van der Waals surface area (Å²) < 4.78 is 5.16. The van der Waals surface area contributed by atoms with Crippen molar-refractivity contribution in [2.24, 2.45) is 5.92 Å². The topological polar surface area (TPSA) is 87.8 Å². The number of Topliss-reactive ketones (excluding diaryl/α,β-unsaturated/α-hetero) is 1. The van der Waals surface area contributed by atoms with Crippen molar-refractivity contribution < 1.29 is 19.1 Å². The van der Waals surface area contributed by atoms with Gasteiger partial charge < -0.3 is 15.4 Å². The van der Waals surface area contributed by atoms with Gasteiger partial charge >= 0.3 is 0 Å². The van der Waals surface area contributed by atoms with E-state index in [-0.39, 0.29) is 18.2 Å². The molecule has 20 heavy (non-hydrogen) atoms. The third-order valence-electron chi connectivity index (χ3n) is 3.37. The number of ketones is 1. The van der Waals surface area contributed by atoms with Gasteiger partial charge in [-0.15, -0.1) is 0 Å². The summed E-state index contributed by atoms with van der Waals surface area (Å²) in [4.78, 5) is 34.1. The van der Waals surface area contributed by atoms with Crippen LogP contribution in [-0.4, -0.2) is 42.9 Å². The summed E-state index contributed by atoms with van der Waals surface area (Å²) in [6, 6.07) is -0.540. The molecule has 2 amide bonds. The van der Waals surface area contributed by atoms with Crippen molar-refractivity contribution in [2.45, 2.75) is 51.7 Å². The van der Waals surface area contributed by atoms with E-state index in [0.29, 0.717) is 25.4 Å². The van der Waals surface area contributed by atoms with E-state index in [4.69, 9.17) is 4.74 Å². The Kier molecular flexibility index (Phi) is 6.13. The highest BCUT2D eigenvalue weighted by atomic mass is 16.6. The number of rotatable bonds is 10.